The molecule has 4 atom stereocenters. The van der Waals surface area contributed by atoms with Crippen LogP contribution in [0.25, 0.3) is 0 Å². The molecule has 0 aromatic carbocycles. The summed E-state index contributed by atoms with van der Waals surface area (Å²) in [5.74, 6) is -0.820. The van der Waals surface area contributed by atoms with Crippen molar-refractivity contribution >= 4 is 5.97 Å². The van der Waals surface area contributed by atoms with Gasteiger partial charge >= 0.3 is 5.97 Å². The zero-order chi connectivity index (χ0) is 11.7. The molecule has 0 aromatic heterocycles. The molecule has 0 spiro atoms. The van der Waals surface area contributed by atoms with Gasteiger partial charge < -0.3 is 24.4 Å². The number of hydrogen-bond donors (Lipinski definition) is 2. The van der Waals surface area contributed by atoms with Gasteiger partial charge in [-0.05, 0) is 0 Å². The van der Waals surface area contributed by atoms with E-state index in [-0.39, 0.29) is 25.4 Å². The molecule has 2 heterocycles. The van der Waals surface area contributed by atoms with E-state index in [9.17, 15) is 9.90 Å². The fourth-order valence-corrected chi connectivity index (χ4v) is 1.92. The van der Waals surface area contributed by atoms with E-state index in [2.05, 4.69) is 6.58 Å². The van der Waals surface area contributed by atoms with E-state index in [4.69, 9.17) is 19.3 Å². The first-order valence-electron chi connectivity index (χ1n) is 5.05. The number of carbonyl (C=O) groups is 1. The van der Waals surface area contributed by atoms with Crippen molar-refractivity contribution in [3.8, 4) is 0 Å². The van der Waals surface area contributed by atoms with Crippen molar-refractivity contribution in [1.29, 1.82) is 0 Å². The van der Waals surface area contributed by atoms with Gasteiger partial charge in [0, 0.05) is 0 Å². The molecule has 0 amide bonds. The van der Waals surface area contributed by atoms with Crippen LogP contribution in [0, 0.1) is 0 Å². The van der Waals surface area contributed by atoms with Crippen LogP contribution in [0.1, 0.15) is 6.42 Å². The fraction of sp³-hybridized carbons (Fsp3) is 0.700. The molecule has 2 aliphatic heterocycles. The molecule has 0 saturated carbocycles. The van der Waals surface area contributed by atoms with Crippen molar-refractivity contribution < 1.29 is 29.2 Å². The predicted octanol–water partition coefficient (Wildman–Crippen LogP) is -0.482. The molecule has 2 N–H and O–H groups in total. The van der Waals surface area contributed by atoms with Crippen molar-refractivity contribution in [2.24, 2.45) is 0 Å². The van der Waals surface area contributed by atoms with Gasteiger partial charge in [0.15, 0.2) is 6.10 Å². The molecule has 6 heteroatoms. The van der Waals surface area contributed by atoms with Crippen LogP contribution in [0.15, 0.2) is 12.3 Å². The van der Waals surface area contributed by atoms with Crippen molar-refractivity contribution in [2.45, 2.75) is 30.8 Å². The van der Waals surface area contributed by atoms with Crippen LogP contribution in [-0.4, -0.2) is 53.8 Å². The quantitative estimate of drug-likeness (QED) is 0.503. The van der Waals surface area contributed by atoms with Crippen LogP contribution in [0.4, 0.5) is 0 Å². The molecular weight excluding hydrogens is 216 g/mol. The molecule has 2 rings (SSSR count). The second-order valence-electron chi connectivity index (χ2n) is 3.93. The molecule has 16 heavy (non-hydrogen) atoms. The Morgan fingerprint density at radius 3 is 2.75 bits per heavy atom. The Hall–Kier alpha value is -1.11. The highest BCUT2D eigenvalue weighted by atomic mass is 16.6. The smallest absolute Gasteiger partial charge is 0.313 e. The maximum absolute atomic E-state index is 11.3. The minimum absolute atomic E-state index is 0.191. The summed E-state index contributed by atoms with van der Waals surface area (Å²) in [7, 11) is 0. The minimum Gasteiger partial charge on any atom is -0.512 e. The van der Waals surface area contributed by atoms with Gasteiger partial charge in [0.25, 0.3) is 0 Å². The first-order chi connectivity index (χ1) is 7.58. The Morgan fingerprint density at radius 1 is 1.38 bits per heavy atom. The lowest BCUT2D eigenvalue weighted by atomic mass is 10.1. The van der Waals surface area contributed by atoms with Crippen LogP contribution in [-0.2, 0) is 19.0 Å². The van der Waals surface area contributed by atoms with Gasteiger partial charge in [0.1, 0.15) is 24.7 Å². The topological polar surface area (TPSA) is 85.2 Å². The van der Waals surface area contributed by atoms with Crippen LogP contribution in [0.3, 0.4) is 0 Å². The lowest BCUT2D eigenvalue weighted by Gasteiger charge is -2.16. The van der Waals surface area contributed by atoms with Crippen LogP contribution in [0.2, 0.25) is 0 Å². The highest BCUT2D eigenvalue weighted by Crippen LogP contribution is 2.28. The summed E-state index contributed by atoms with van der Waals surface area (Å²) in [5, 5.41) is 18.3. The van der Waals surface area contributed by atoms with Gasteiger partial charge in [0.2, 0.25) is 0 Å². The molecule has 0 radical (unpaired) electrons. The number of rotatable bonds is 3. The van der Waals surface area contributed by atoms with Crippen molar-refractivity contribution in [3.05, 3.63) is 12.3 Å². The van der Waals surface area contributed by atoms with Crippen molar-refractivity contribution in [3.63, 3.8) is 0 Å². The van der Waals surface area contributed by atoms with Crippen LogP contribution in [0.5, 0.6) is 0 Å². The number of carbonyl (C=O) groups excluding carboxylic acids is 1. The van der Waals surface area contributed by atoms with Crippen molar-refractivity contribution in [1.82, 2.24) is 0 Å². The van der Waals surface area contributed by atoms with Gasteiger partial charge in [-0.1, -0.05) is 6.58 Å². The number of aliphatic hydroxyl groups excluding tert-OH is 2. The zero-order valence-electron chi connectivity index (χ0n) is 8.67. The molecule has 0 aliphatic carbocycles. The first kappa shape index (κ1) is 11.4. The van der Waals surface area contributed by atoms with E-state index in [0.29, 0.717) is 0 Å². The van der Waals surface area contributed by atoms with E-state index >= 15 is 0 Å². The van der Waals surface area contributed by atoms with Gasteiger partial charge in [0.05, 0.1) is 19.0 Å². The molecule has 2 aliphatic rings. The van der Waals surface area contributed by atoms with Gasteiger partial charge in [-0.15, -0.1) is 0 Å². The normalized spacial score (nSPS) is 37.1. The van der Waals surface area contributed by atoms with Crippen LogP contribution >= 0.6 is 0 Å². The average molecular weight is 230 g/mol. The standard InChI is InChI=1S/C10H14O6/c1-5(11)2-8(13)16-7-4-15-9-6(12)3-14-10(7)9/h6-7,9-12H,1-4H2. The number of esters is 1. The molecule has 90 valence electrons. The lowest BCUT2D eigenvalue weighted by Crippen LogP contribution is -2.34. The highest BCUT2D eigenvalue weighted by Gasteiger charge is 2.48. The summed E-state index contributed by atoms with van der Waals surface area (Å²) in [4.78, 5) is 11.3. The van der Waals surface area contributed by atoms with Crippen LogP contribution < -0.4 is 0 Å². The van der Waals surface area contributed by atoms with E-state index in [1.165, 1.54) is 0 Å². The summed E-state index contributed by atoms with van der Waals surface area (Å²) < 4.78 is 15.6. The summed E-state index contributed by atoms with van der Waals surface area (Å²) in [6, 6.07) is 0. The molecule has 0 bridgehead atoms. The number of hydrogen-bond acceptors (Lipinski definition) is 6. The summed E-state index contributed by atoms with van der Waals surface area (Å²) >= 11 is 0. The Kier molecular flexibility index (Phi) is 3.13. The molecule has 0 aromatic rings. The third-order valence-electron chi connectivity index (χ3n) is 2.61. The van der Waals surface area contributed by atoms with Gasteiger partial charge in [-0.2, -0.15) is 0 Å². The summed E-state index contributed by atoms with van der Waals surface area (Å²) in [6.45, 7) is 3.60. The Morgan fingerprint density at radius 2 is 2.06 bits per heavy atom. The minimum atomic E-state index is -0.665. The van der Waals surface area contributed by atoms with E-state index in [1.807, 2.05) is 0 Å². The lowest BCUT2D eigenvalue weighted by molar-refractivity contribution is -0.153. The molecule has 4 unspecified atom stereocenters. The Bertz CT molecular complexity index is 302. The van der Waals surface area contributed by atoms with Crippen molar-refractivity contribution in [2.75, 3.05) is 13.2 Å². The molecule has 2 saturated heterocycles. The van der Waals surface area contributed by atoms with Gasteiger partial charge in [-0.25, -0.2) is 0 Å². The number of ether oxygens (including phenoxy) is 3. The third kappa shape index (κ3) is 2.18. The molecular formula is C10H14O6. The summed E-state index contributed by atoms with van der Waals surface area (Å²) in [6.07, 6.45) is -2.26. The van der Waals surface area contributed by atoms with Gasteiger partial charge in [-0.3, -0.25) is 4.79 Å². The largest absolute Gasteiger partial charge is 0.512 e. The highest BCUT2D eigenvalue weighted by molar-refractivity contribution is 5.71. The maximum atomic E-state index is 11.3. The number of fused-ring (bicyclic) bond motifs is 1. The monoisotopic (exact) mass is 230 g/mol. The maximum Gasteiger partial charge on any atom is 0.313 e. The average Bonchev–Trinajstić information content (AvgIpc) is 2.70. The Balaban J connectivity index is 1.87. The zero-order valence-corrected chi connectivity index (χ0v) is 8.67. The van der Waals surface area contributed by atoms with E-state index in [1.54, 1.807) is 0 Å². The third-order valence-corrected chi connectivity index (χ3v) is 2.61. The van der Waals surface area contributed by atoms with E-state index in [0.717, 1.165) is 0 Å². The Labute approximate surface area is 92.4 Å². The summed E-state index contributed by atoms with van der Waals surface area (Å²) in [5.41, 5.74) is 0. The second-order valence-corrected chi connectivity index (χ2v) is 3.93. The fourth-order valence-electron chi connectivity index (χ4n) is 1.92. The SMILES string of the molecule is C=C(O)CC(=O)OC1COC2C(O)COC12. The predicted molar refractivity (Wildman–Crippen MR) is 51.8 cm³/mol. The molecule has 2 fully saturated rings. The van der Waals surface area contributed by atoms with E-state index < -0.39 is 30.4 Å². The number of aliphatic hydroxyl groups is 2. The first-order valence-corrected chi connectivity index (χ1v) is 5.05. The molecule has 6 nitrogen and oxygen atoms in total. The second kappa shape index (κ2) is 4.40.